The summed E-state index contributed by atoms with van der Waals surface area (Å²) in [7, 11) is 0. The summed E-state index contributed by atoms with van der Waals surface area (Å²) in [6.07, 6.45) is 0.999. The number of aliphatic carboxylic acids is 1. The first-order chi connectivity index (χ1) is 8.93. The summed E-state index contributed by atoms with van der Waals surface area (Å²) in [5.74, 6) is -2.40. The second kappa shape index (κ2) is 7.23. The molecular formula is C13H15BrFNO3. The molecule has 1 unspecified atom stereocenters. The first kappa shape index (κ1) is 15.6. The van der Waals surface area contributed by atoms with Crippen molar-refractivity contribution in [3.8, 4) is 0 Å². The summed E-state index contributed by atoms with van der Waals surface area (Å²) < 4.78 is 13.9. The van der Waals surface area contributed by atoms with Crippen molar-refractivity contribution >= 4 is 27.8 Å². The molecule has 1 amide bonds. The molecule has 0 fully saturated rings. The first-order valence-corrected chi connectivity index (χ1v) is 6.67. The van der Waals surface area contributed by atoms with Crippen LogP contribution in [0.4, 0.5) is 4.39 Å². The predicted molar refractivity (Wildman–Crippen MR) is 72.5 cm³/mol. The molecule has 0 aliphatic rings. The number of benzene rings is 1. The molecule has 0 bridgehead atoms. The van der Waals surface area contributed by atoms with E-state index in [0.717, 1.165) is 0 Å². The van der Waals surface area contributed by atoms with Gasteiger partial charge in [0, 0.05) is 11.0 Å². The zero-order valence-electron chi connectivity index (χ0n) is 10.5. The maximum Gasteiger partial charge on any atom is 0.306 e. The zero-order valence-corrected chi connectivity index (χ0v) is 12.0. The Bertz CT molecular complexity index is 459. The summed E-state index contributed by atoms with van der Waals surface area (Å²) in [5.41, 5.74) is -0.0335. The fourth-order valence-corrected chi connectivity index (χ4v) is 2.06. The second-order valence-corrected chi connectivity index (χ2v) is 5.09. The van der Waals surface area contributed by atoms with Crippen LogP contribution in [0.3, 0.4) is 0 Å². The van der Waals surface area contributed by atoms with E-state index in [-0.39, 0.29) is 5.56 Å². The zero-order chi connectivity index (χ0) is 14.4. The minimum Gasteiger partial charge on any atom is -0.481 e. The number of nitrogens with one attached hydrogen (secondary N) is 1. The largest absolute Gasteiger partial charge is 0.481 e. The molecule has 1 aromatic rings. The third-order valence-electron chi connectivity index (χ3n) is 2.71. The van der Waals surface area contributed by atoms with E-state index in [2.05, 4.69) is 21.2 Å². The average Bonchev–Trinajstić information content (AvgIpc) is 2.34. The molecule has 0 saturated carbocycles. The van der Waals surface area contributed by atoms with E-state index in [4.69, 9.17) is 5.11 Å². The third kappa shape index (κ3) is 4.63. The predicted octanol–water partition coefficient (Wildman–Crippen LogP) is 2.82. The monoisotopic (exact) mass is 331 g/mol. The molecule has 19 heavy (non-hydrogen) atoms. The van der Waals surface area contributed by atoms with E-state index in [1.165, 1.54) is 12.1 Å². The molecule has 0 aliphatic heterocycles. The van der Waals surface area contributed by atoms with E-state index in [9.17, 15) is 14.0 Å². The van der Waals surface area contributed by atoms with Crippen LogP contribution in [0.25, 0.3) is 0 Å². The number of hydrogen-bond acceptors (Lipinski definition) is 2. The molecule has 0 spiro atoms. The lowest BCUT2D eigenvalue weighted by molar-refractivity contribution is -0.141. The number of amides is 1. The lowest BCUT2D eigenvalue weighted by Gasteiger charge is -2.09. The van der Waals surface area contributed by atoms with Gasteiger partial charge in [-0.15, -0.1) is 0 Å². The van der Waals surface area contributed by atoms with Crippen LogP contribution < -0.4 is 5.32 Å². The number of halogens is 2. The Morgan fingerprint density at radius 3 is 2.74 bits per heavy atom. The third-order valence-corrected chi connectivity index (χ3v) is 3.37. The highest BCUT2D eigenvalue weighted by molar-refractivity contribution is 9.10. The summed E-state index contributed by atoms with van der Waals surface area (Å²) in [6.45, 7) is 1.93. The number of carboxylic acids is 1. The van der Waals surface area contributed by atoms with Crippen LogP contribution >= 0.6 is 15.9 Å². The molecule has 104 valence electrons. The van der Waals surface area contributed by atoms with Crippen LogP contribution in [0.15, 0.2) is 22.7 Å². The highest BCUT2D eigenvalue weighted by atomic mass is 79.9. The molecule has 1 rings (SSSR count). The van der Waals surface area contributed by atoms with Crippen molar-refractivity contribution in [2.75, 3.05) is 6.54 Å². The van der Waals surface area contributed by atoms with Crippen LogP contribution in [-0.4, -0.2) is 23.5 Å². The van der Waals surface area contributed by atoms with Crippen molar-refractivity contribution in [2.45, 2.75) is 19.8 Å². The van der Waals surface area contributed by atoms with Gasteiger partial charge in [-0.1, -0.05) is 13.0 Å². The number of hydrogen-bond donors (Lipinski definition) is 2. The van der Waals surface area contributed by atoms with Crippen molar-refractivity contribution in [1.29, 1.82) is 0 Å². The normalized spacial score (nSPS) is 11.9. The van der Waals surface area contributed by atoms with Crippen molar-refractivity contribution in [2.24, 2.45) is 5.92 Å². The number of carboxylic acid groups (broad SMARTS) is 1. The minimum absolute atomic E-state index is 0.0335. The molecule has 0 aromatic heterocycles. The van der Waals surface area contributed by atoms with E-state index in [0.29, 0.717) is 23.9 Å². The lowest BCUT2D eigenvalue weighted by Crippen LogP contribution is -2.26. The van der Waals surface area contributed by atoms with Gasteiger partial charge in [0.15, 0.2) is 0 Å². The number of rotatable bonds is 6. The van der Waals surface area contributed by atoms with Gasteiger partial charge in [0.25, 0.3) is 5.91 Å². The van der Waals surface area contributed by atoms with Gasteiger partial charge in [0.1, 0.15) is 5.82 Å². The molecule has 1 atom stereocenters. The van der Waals surface area contributed by atoms with Gasteiger partial charge in [-0.25, -0.2) is 4.39 Å². The topological polar surface area (TPSA) is 66.4 Å². The second-order valence-electron chi connectivity index (χ2n) is 4.23. The van der Waals surface area contributed by atoms with Gasteiger partial charge < -0.3 is 10.4 Å². The van der Waals surface area contributed by atoms with Crippen LogP contribution in [0.2, 0.25) is 0 Å². The Morgan fingerprint density at radius 2 is 2.16 bits per heavy atom. The Labute approximate surface area is 119 Å². The van der Waals surface area contributed by atoms with E-state index >= 15 is 0 Å². The van der Waals surface area contributed by atoms with Crippen LogP contribution in [0.1, 0.15) is 30.1 Å². The lowest BCUT2D eigenvalue weighted by atomic mass is 10.1. The van der Waals surface area contributed by atoms with Gasteiger partial charge in [0.05, 0.1) is 11.5 Å². The average molecular weight is 332 g/mol. The van der Waals surface area contributed by atoms with Gasteiger partial charge in [-0.3, -0.25) is 9.59 Å². The summed E-state index contributed by atoms with van der Waals surface area (Å²) >= 11 is 3.12. The number of carbonyl (C=O) groups excluding carboxylic acids is 1. The highest BCUT2D eigenvalue weighted by Gasteiger charge is 2.15. The van der Waals surface area contributed by atoms with Crippen molar-refractivity contribution in [3.05, 3.63) is 34.1 Å². The molecule has 0 radical (unpaired) electrons. The molecule has 0 aliphatic carbocycles. The molecule has 4 nitrogen and oxygen atoms in total. The molecule has 0 heterocycles. The van der Waals surface area contributed by atoms with Gasteiger partial charge in [-0.05, 0) is 40.9 Å². The van der Waals surface area contributed by atoms with Crippen LogP contribution in [0, 0.1) is 11.7 Å². The molecular weight excluding hydrogens is 317 g/mol. The minimum atomic E-state index is -0.858. The quantitative estimate of drug-likeness (QED) is 0.787. The summed E-state index contributed by atoms with van der Waals surface area (Å²) in [5, 5.41) is 11.3. The smallest absolute Gasteiger partial charge is 0.306 e. The number of carbonyl (C=O) groups is 2. The van der Waals surface area contributed by atoms with Gasteiger partial charge in [0.2, 0.25) is 0 Å². The van der Waals surface area contributed by atoms with E-state index in [1.54, 1.807) is 13.0 Å². The van der Waals surface area contributed by atoms with Crippen molar-refractivity contribution in [3.63, 3.8) is 0 Å². The Morgan fingerprint density at radius 1 is 1.47 bits per heavy atom. The summed E-state index contributed by atoms with van der Waals surface area (Å²) in [6, 6.07) is 4.31. The van der Waals surface area contributed by atoms with E-state index in [1.807, 2.05) is 0 Å². The van der Waals surface area contributed by atoms with Gasteiger partial charge >= 0.3 is 5.97 Å². The standard InChI is InChI=1S/C13H15BrFNO3/c1-8(13(18)19)4-3-7-16-12(17)11-9(14)5-2-6-10(11)15/h2,5-6,8H,3-4,7H2,1H3,(H,16,17)(H,18,19). The van der Waals surface area contributed by atoms with Crippen molar-refractivity contribution < 1.29 is 19.1 Å². The summed E-state index contributed by atoms with van der Waals surface area (Å²) in [4.78, 5) is 22.4. The SMILES string of the molecule is CC(CCCNC(=O)c1c(F)cccc1Br)C(=O)O. The van der Waals surface area contributed by atoms with Crippen LogP contribution in [0.5, 0.6) is 0 Å². The first-order valence-electron chi connectivity index (χ1n) is 5.88. The molecule has 1 aromatic carbocycles. The fraction of sp³-hybridized carbons (Fsp3) is 0.385. The molecule has 2 N–H and O–H groups in total. The highest BCUT2D eigenvalue weighted by Crippen LogP contribution is 2.19. The fourth-order valence-electron chi connectivity index (χ4n) is 1.54. The maximum absolute atomic E-state index is 13.5. The van der Waals surface area contributed by atoms with Gasteiger partial charge in [-0.2, -0.15) is 0 Å². The molecule has 0 saturated heterocycles. The Hall–Kier alpha value is -1.43. The maximum atomic E-state index is 13.5. The van der Waals surface area contributed by atoms with Crippen molar-refractivity contribution in [1.82, 2.24) is 5.32 Å². The molecule has 6 heteroatoms. The Balaban J connectivity index is 2.46. The Kier molecular flexibility index (Phi) is 5.95. The van der Waals surface area contributed by atoms with E-state index < -0.39 is 23.6 Å². The van der Waals surface area contributed by atoms with Crippen LogP contribution in [-0.2, 0) is 4.79 Å².